The fraction of sp³-hybridized carbons (Fsp3) is 0.500. The third kappa shape index (κ3) is 1.86. The third-order valence-electron chi connectivity index (χ3n) is 3.14. The van der Waals surface area contributed by atoms with Gasteiger partial charge in [0.15, 0.2) is 0 Å². The number of anilines is 1. The molecule has 1 heterocycles. The molecule has 1 aliphatic rings. The first kappa shape index (κ1) is 10.8. The van der Waals surface area contributed by atoms with Gasteiger partial charge in [-0.25, -0.2) is 0 Å². The Hall–Kier alpha value is -0.670. The highest BCUT2D eigenvalue weighted by Crippen LogP contribution is 2.38. The van der Waals surface area contributed by atoms with E-state index in [4.69, 9.17) is 0 Å². The average Bonchev–Trinajstić information content (AvgIpc) is 2.22. The van der Waals surface area contributed by atoms with Gasteiger partial charge in [0.1, 0.15) is 0 Å². The molecule has 0 spiro atoms. The summed E-state index contributed by atoms with van der Waals surface area (Å²) < 4.78 is 0. The van der Waals surface area contributed by atoms with Gasteiger partial charge in [0.2, 0.25) is 0 Å². The lowest BCUT2D eigenvalue weighted by Gasteiger charge is -2.35. The molecule has 0 radical (unpaired) electrons. The smallest absolute Gasteiger partial charge is 0.0643 e. The summed E-state index contributed by atoms with van der Waals surface area (Å²) in [6.45, 7) is 4.51. The van der Waals surface area contributed by atoms with Crippen molar-refractivity contribution in [2.24, 2.45) is 0 Å². The molecular formula is C12H17NOS. The lowest BCUT2D eigenvalue weighted by atomic mass is 10.1. The second-order valence-electron chi connectivity index (χ2n) is 4.16. The molecule has 1 unspecified atom stereocenters. The third-order valence-corrected chi connectivity index (χ3v) is 4.33. The van der Waals surface area contributed by atoms with Gasteiger partial charge in [-0.1, -0.05) is 0 Å². The highest BCUT2D eigenvalue weighted by atomic mass is 32.2. The van der Waals surface area contributed by atoms with E-state index >= 15 is 0 Å². The SMILES string of the molecule is Cc1cc2c(cc1C)N(C)C(CO)CS2. The molecule has 2 nitrogen and oxygen atoms in total. The summed E-state index contributed by atoms with van der Waals surface area (Å²) in [4.78, 5) is 3.53. The topological polar surface area (TPSA) is 23.5 Å². The maximum absolute atomic E-state index is 9.26. The zero-order valence-electron chi connectivity index (χ0n) is 9.45. The van der Waals surface area contributed by atoms with Crippen LogP contribution in [0.15, 0.2) is 17.0 Å². The molecule has 2 rings (SSSR count). The fourth-order valence-corrected chi connectivity index (χ4v) is 3.15. The Morgan fingerprint density at radius 1 is 1.40 bits per heavy atom. The molecular weight excluding hydrogens is 206 g/mol. The number of rotatable bonds is 1. The number of nitrogens with zero attached hydrogens (tertiary/aromatic N) is 1. The fourth-order valence-electron chi connectivity index (χ4n) is 1.84. The molecule has 0 saturated carbocycles. The van der Waals surface area contributed by atoms with Crippen molar-refractivity contribution in [3.05, 3.63) is 23.3 Å². The minimum absolute atomic E-state index is 0.232. The zero-order valence-corrected chi connectivity index (χ0v) is 10.3. The van der Waals surface area contributed by atoms with Gasteiger partial charge in [-0.05, 0) is 37.1 Å². The number of thioether (sulfide) groups is 1. The predicted octanol–water partition coefficient (Wildman–Crippen LogP) is 2.21. The van der Waals surface area contributed by atoms with Gasteiger partial charge in [-0.3, -0.25) is 0 Å². The summed E-state index contributed by atoms with van der Waals surface area (Å²) in [7, 11) is 2.06. The minimum Gasteiger partial charge on any atom is -0.394 e. The van der Waals surface area contributed by atoms with E-state index in [1.165, 1.54) is 21.7 Å². The highest BCUT2D eigenvalue weighted by Gasteiger charge is 2.23. The van der Waals surface area contributed by atoms with E-state index in [-0.39, 0.29) is 12.6 Å². The van der Waals surface area contributed by atoms with E-state index in [1.807, 2.05) is 11.8 Å². The lowest BCUT2D eigenvalue weighted by molar-refractivity contribution is 0.271. The summed E-state index contributed by atoms with van der Waals surface area (Å²) in [5, 5.41) is 9.26. The Balaban J connectivity index is 2.43. The van der Waals surface area contributed by atoms with Crippen LogP contribution in [0.2, 0.25) is 0 Å². The number of likely N-dealkylation sites (N-methyl/N-ethyl adjacent to an activating group) is 1. The van der Waals surface area contributed by atoms with E-state index in [1.54, 1.807) is 0 Å². The van der Waals surface area contributed by atoms with Crippen molar-refractivity contribution in [3.63, 3.8) is 0 Å². The lowest BCUT2D eigenvalue weighted by Crippen LogP contribution is -2.39. The van der Waals surface area contributed by atoms with Crippen LogP contribution in [0.4, 0.5) is 5.69 Å². The van der Waals surface area contributed by atoms with Crippen LogP contribution in [0.3, 0.4) is 0 Å². The molecule has 0 fully saturated rings. The van der Waals surface area contributed by atoms with Crippen LogP contribution in [-0.4, -0.2) is 30.6 Å². The van der Waals surface area contributed by atoms with Crippen molar-refractivity contribution in [2.45, 2.75) is 24.8 Å². The molecule has 1 aromatic carbocycles. The van der Waals surface area contributed by atoms with Crippen LogP contribution in [0.1, 0.15) is 11.1 Å². The summed E-state index contributed by atoms with van der Waals surface area (Å²) >= 11 is 1.85. The first-order chi connectivity index (χ1) is 7.13. The van der Waals surface area contributed by atoms with Gasteiger partial charge in [0, 0.05) is 17.7 Å². The van der Waals surface area contributed by atoms with Crippen LogP contribution in [0.5, 0.6) is 0 Å². The number of aliphatic hydroxyl groups excluding tert-OH is 1. The van der Waals surface area contributed by atoms with E-state index in [0.29, 0.717) is 0 Å². The molecule has 1 aliphatic heterocycles. The Kier molecular flexibility index (Phi) is 2.94. The standard InChI is InChI=1S/C12H17NOS/c1-8-4-11-12(5-9(8)2)15-7-10(6-14)13(11)3/h4-5,10,14H,6-7H2,1-3H3. The summed E-state index contributed by atoms with van der Waals surface area (Å²) in [6, 6.07) is 4.73. The maximum atomic E-state index is 9.26. The van der Waals surface area contributed by atoms with Gasteiger partial charge in [0.25, 0.3) is 0 Å². The van der Waals surface area contributed by atoms with Gasteiger partial charge >= 0.3 is 0 Å². The Morgan fingerprint density at radius 2 is 2.07 bits per heavy atom. The van der Waals surface area contributed by atoms with E-state index in [0.717, 1.165) is 5.75 Å². The molecule has 0 bridgehead atoms. The number of aliphatic hydroxyl groups is 1. The Labute approximate surface area is 95.3 Å². The van der Waals surface area contributed by atoms with Crippen LogP contribution < -0.4 is 4.90 Å². The average molecular weight is 223 g/mol. The summed E-state index contributed by atoms with van der Waals surface area (Å²) in [5.41, 5.74) is 3.92. The molecule has 1 atom stereocenters. The van der Waals surface area contributed by atoms with E-state index in [2.05, 4.69) is 37.9 Å². The van der Waals surface area contributed by atoms with Gasteiger partial charge in [-0.2, -0.15) is 0 Å². The summed E-state index contributed by atoms with van der Waals surface area (Å²) in [5.74, 6) is 0.975. The second-order valence-corrected chi connectivity index (χ2v) is 5.22. The molecule has 0 aliphatic carbocycles. The zero-order chi connectivity index (χ0) is 11.0. The quantitative estimate of drug-likeness (QED) is 0.789. The van der Waals surface area contributed by atoms with E-state index < -0.39 is 0 Å². The van der Waals surface area contributed by atoms with Crippen molar-refractivity contribution in [1.82, 2.24) is 0 Å². The van der Waals surface area contributed by atoms with Crippen molar-refractivity contribution in [3.8, 4) is 0 Å². The second kappa shape index (κ2) is 4.06. The number of aryl methyl sites for hydroxylation is 2. The van der Waals surface area contributed by atoms with Gasteiger partial charge < -0.3 is 10.0 Å². The maximum Gasteiger partial charge on any atom is 0.0643 e. The largest absolute Gasteiger partial charge is 0.394 e. The molecule has 3 heteroatoms. The molecule has 1 aromatic rings. The molecule has 82 valence electrons. The van der Waals surface area contributed by atoms with Crippen molar-refractivity contribution in [1.29, 1.82) is 0 Å². The summed E-state index contributed by atoms with van der Waals surface area (Å²) in [6.07, 6.45) is 0. The van der Waals surface area contributed by atoms with Crippen LogP contribution in [0, 0.1) is 13.8 Å². The Bertz CT molecular complexity index is 378. The van der Waals surface area contributed by atoms with Crippen molar-refractivity contribution < 1.29 is 5.11 Å². The Morgan fingerprint density at radius 3 is 2.73 bits per heavy atom. The normalized spacial score (nSPS) is 20.3. The molecule has 15 heavy (non-hydrogen) atoms. The van der Waals surface area contributed by atoms with Crippen LogP contribution in [0.25, 0.3) is 0 Å². The number of benzene rings is 1. The first-order valence-corrected chi connectivity index (χ1v) is 6.19. The van der Waals surface area contributed by atoms with Crippen LogP contribution in [-0.2, 0) is 0 Å². The molecule has 0 aromatic heterocycles. The molecule has 1 N–H and O–H groups in total. The first-order valence-electron chi connectivity index (χ1n) is 5.21. The molecule has 0 saturated heterocycles. The van der Waals surface area contributed by atoms with Crippen molar-refractivity contribution >= 4 is 17.4 Å². The van der Waals surface area contributed by atoms with Crippen LogP contribution >= 0.6 is 11.8 Å². The number of hydrogen-bond donors (Lipinski definition) is 1. The van der Waals surface area contributed by atoms with Crippen molar-refractivity contribution in [2.75, 3.05) is 24.3 Å². The molecule has 0 amide bonds. The number of fused-ring (bicyclic) bond motifs is 1. The predicted molar refractivity (Wildman–Crippen MR) is 65.9 cm³/mol. The monoisotopic (exact) mass is 223 g/mol. The minimum atomic E-state index is 0.232. The highest BCUT2D eigenvalue weighted by molar-refractivity contribution is 7.99. The van der Waals surface area contributed by atoms with Gasteiger partial charge in [0.05, 0.1) is 18.3 Å². The van der Waals surface area contributed by atoms with Gasteiger partial charge in [-0.15, -0.1) is 11.8 Å². The van der Waals surface area contributed by atoms with E-state index in [9.17, 15) is 5.11 Å². The number of hydrogen-bond acceptors (Lipinski definition) is 3.